The van der Waals surface area contributed by atoms with Gasteiger partial charge in [-0.1, -0.05) is 6.07 Å². The molecule has 0 aromatic heterocycles. The Hall–Kier alpha value is -0.630. The lowest BCUT2D eigenvalue weighted by Crippen LogP contribution is -1.89. The normalized spacial score (nSPS) is 16.4. The quantitative estimate of drug-likeness (QED) is 0.706. The summed E-state index contributed by atoms with van der Waals surface area (Å²) in [6, 6.07) is 6.24. The van der Waals surface area contributed by atoms with E-state index in [0.717, 1.165) is 10.9 Å². The second-order valence-corrected chi connectivity index (χ2v) is 4.70. The molecule has 0 spiro atoms. The minimum Gasteiger partial charge on any atom is -0.398 e. The van der Waals surface area contributed by atoms with Crippen molar-refractivity contribution in [3.8, 4) is 0 Å². The topological polar surface area (TPSA) is 26.0 Å². The van der Waals surface area contributed by atoms with Crippen molar-refractivity contribution in [1.82, 2.24) is 0 Å². The Labute approximate surface area is 77.3 Å². The Kier molecular flexibility index (Phi) is 2.01. The number of hydrogen-bond donors (Lipinski definition) is 1. The molecule has 1 saturated carbocycles. The van der Waals surface area contributed by atoms with Crippen molar-refractivity contribution in [2.45, 2.75) is 29.9 Å². The molecule has 1 aliphatic carbocycles. The predicted octanol–water partition coefficient (Wildman–Crippen LogP) is 2.83. The number of nitrogens with two attached hydrogens (primary N) is 1. The van der Waals surface area contributed by atoms with Crippen LogP contribution in [-0.4, -0.2) is 5.25 Å². The standard InChI is InChI=1S/C10H13NS/c1-7-2-5-9(11)10(6-7)12-8-3-4-8/h2,5-6,8H,3-4,11H2,1H3. The van der Waals surface area contributed by atoms with E-state index < -0.39 is 0 Å². The first-order valence-electron chi connectivity index (χ1n) is 4.28. The van der Waals surface area contributed by atoms with Gasteiger partial charge in [0.15, 0.2) is 0 Å². The number of thioether (sulfide) groups is 1. The molecule has 1 aliphatic rings. The van der Waals surface area contributed by atoms with E-state index in [2.05, 4.69) is 19.1 Å². The molecule has 1 nitrogen and oxygen atoms in total. The molecule has 0 atom stereocenters. The third kappa shape index (κ3) is 1.75. The molecular weight excluding hydrogens is 166 g/mol. The van der Waals surface area contributed by atoms with Gasteiger partial charge in [0, 0.05) is 15.8 Å². The molecule has 0 aliphatic heterocycles. The Bertz CT molecular complexity index is 292. The smallest absolute Gasteiger partial charge is 0.0452 e. The van der Waals surface area contributed by atoms with Gasteiger partial charge in [-0.15, -0.1) is 11.8 Å². The van der Waals surface area contributed by atoms with E-state index >= 15 is 0 Å². The number of hydrogen-bond acceptors (Lipinski definition) is 2. The van der Waals surface area contributed by atoms with Gasteiger partial charge in [0.05, 0.1) is 0 Å². The summed E-state index contributed by atoms with van der Waals surface area (Å²) in [5.41, 5.74) is 8.07. The van der Waals surface area contributed by atoms with Crippen LogP contribution >= 0.6 is 11.8 Å². The van der Waals surface area contributed by atoms with E-state index in [1.807, 2.05) is 17.8 Å². The molecule has 0 radical (unpaired) electrons. The fourth-order valence-corrected chi connectivity index (χ4v) is 2.30. The Morgan fingerprint density at radius 1 is 1.42 bits per heavy atom. The maximum Gasteiger partial charge on any atom is 0.0452 e. The van der Waals surface area contributed by atoms with Crippen LogP contribution in [-0.2, 0) is 0 Å². The minimum atomic E-state index is 0.842. The van der Waals surface area contributed by atoms with E-state index in [9.17, 15) is 0 Å². The van der Waals surface area contributed by atoms with Crippen molar-refractivity contribution < 1.29 is 0 Å². The van der Waals surface area contributed by atoms with Crippen LogP contribution in [0.15, 0.2) is 23.1 Å². The van der Waals surface area contributed by atoms with E-state index in [-0.39, 0.29) is 0 Å². The summed E-state index contributed by atoms with van der Waals surface area (Å²) in [5, 5.41) is 0.842. The first-order valence-corrected chi connectivity index (χ1v) is 5.16. The molecule has 64 valence electrons. The highest BCUT2D eigenvalue weighted by Gasteiger charge is 2.23. The predicted molar refractivity (Wildman–Crippen MR) is 54.5 cm³/mol. The Balaban J connectivity index is 2.21. The van der Waals surface area contributed by atoms with Gasteiger partial charge in [0.1, 0.15) is 0 Å². The molecule has 1 aromatic rings. The highest BCUT2D eigenvalue weighted by molar-refractivity contribution is 8.00. The summed E-state index contributed by atoms with van der Waals surface area (Å²) in [6.07, 6.45) is 2.72. The Morgan fingerprint density at radius 2 is 2.17 bits per heavy atom. The van der Waals surface area contributed by atoms with Crippen LogP contribution in [0.5, 0.6) is 0 Å². The SMILES string of the molecule is Cc1ccc(N)c(SC2CC2)c1. The minimum absolute atomic E-state index is 0.842. The molecule has 2 N–H and O–H groups in total. The number of rotatable bonds is 2. The monoisotopic (exact) mass is 179 g/mol. The summed E-state index contributed by atoms with van der Waals surface area (Å²) in [5.74, 6) is 0. The first-order chi connectivity index (χ1) is 5.75. The molecule has 0 amide bonds. The van der Waals surface area contributed by atoms with Crippen molar-refractivity contribution in [1.29, 1.82) is 0 Å². The van der Waals surface area contributed by atoms with Crippen LogP contribution in [0.3, 0.4) is 0 Å². The summed E-state index contributed by atoms with van der Waals surface area (Å²) in [4.78, 5) is 1.26. The lowest BCUT2D eigenvalue weighted by atomic mass is 10.2. The molecular formula is C10H13NS. The maximum atomic E-state index is 5.84. The highest BCUT2D eigenvalue weighted by atomic mass is 32.2. The maximum absolute atomic E-state index is 5.84. The second kappa shape index (κ2) is 3.02. The van der Waals surface area contributed by atoms with Crippen molar-refractivity contribution in [2.24, 2.45) is 0 Å². The molecule has 2 rings (SSSR count). The van der Waals surface area contributed by atoms with E-state index in [0.29, 0.717) is 0 Å². The summed E-state index contributed by atoms with van der Waals surface area (Å²) >= 11 is 1.93. The van der Waals surface area contributed by atoms with Crippen LogP contribution in [0, 0.1) is 6.92 Å². The van der Waals surface area contributed by atoms with Crippen LogP contribution < -0.4 is 5.73 Å². The van der Waals surface area contributed by atoms with Crippen molar-refractivity contribution in [3.05, 3.63) is 23.8 Å². The van der Waals surface area contributed by atoms with Gasteiger partial charge >= 0.3 is 0 Å². The second-order valence-electron chi connectivity index (χ2n) is 3.36. The third-order valence-electron chi connectivity index (χ3n) is 1.99. The molecule has 1 fully saturated rings. The van der Waals surface area contributed by atoms with Crippen LogP contribution in [0.25, 0.3) is 0 Å². The first kappa shape index (κ1) is 7.99. The van der Waals surface area contributed by atoms with E-state index in [1.165, 1.54) is 23.3 Å². The van der Waals surface area contributed by atoms with Crippen molar-refractivity contribution in [3.63, 3.8) is 0 Å². The van der Waals surface area contributed by atoms with Gasteiger partial charge in [-0.3, -0.25) is 0 Å². The molecule has 1 aromatic carbocycles. The Morgan fingerprint density at radius 3 is 2.83 bits per heavy atom. The van der Waals surface area contributed by atoms with Gasteiger partial charge in [0.2, 0.25) is 0 Å². The van der Waals surface area contributed by atoms with Crippen molar-refractivity contribution >= 4 is 17.4 Å². The average molecular weight is 179 g/mol. The zero-order chi connectivity index (χ0) is 8.55. The summed E-state index contributed by atoms with van der Waals surface area (Å²) < 4.78 is 0. The van der Waals surface area contributed by atoms with Gasteiger partial charge < -0.3 is 5.73 Å². The molecule has 0 bridgehead atoms. The molecule has 2 heteroatoms. The average Bonchev–Trinajstić information content (AvgIpc) is 2.81. The third-order valence-corrected chi connectivity index (χ3v) is 3.40. The largest absolute Gasteiger partial charge is 0.398 e. The van der Waals surface area contributed by atoms with E-state index in [1.54, 1.807) is 0 Å². The molecule has 0 saturated heterocycles. The number of nitrogen functional groups attached to an aromatic ring is 1. The fraction of sp³-hybridized carbons (Fsp3) is 0.400. The van der Waals surface area contributed by atoms with Gasteiger partial charge in [-0.25, -0.2) is 0 Å². The van der Waals surface area contributed by atoms with Crippen LogP contribution in [0.4, 0.5) is 5.69 Å². The zero-order valence-corrected chi connectivity index (χ0v) is 8.03. The number of benzene rings is 1. The molecule has 12 heavy (non-hydrogen) atoms. The van der Waals surface area contributed by atoms with Gasteiger partial charge in [0.25, 0.3) is 0 Å². The van der Waals surface area contributed by atoms with Crippen molar-refractivity contribution in [2.75, 3.05) is 5.73 Å². The molecule has 0 unspecified atom stereocenters. The number of anilines is 1. The summed E-state index contributed by atoms with van der Waals surface area (Å²) in [6.45, 7) is 2.11. The van der Waals surface area contributed by atoms with Crippen LogP contribution in [0.2, 0.25) is 0 Å². The summed E-state index contributed by atoms with van der Waals surface area (Å²) in [7, 11) is 0. The lowest BCUT2D eigenvalue weighted by molar-refractivity contribution is 1.35. The number of aryl methyl sites for hydroxylation is 1. The fourth-order valence-electron chi connectivity index (χ4n) is 1.11. The lowest BCUT2D eigenvalue weighted by Gasteiger charge is -2.04. The highest BCUT2D eigenvalue weighted by Crippen LogP contribution is 2.41. The molecule has 0 heterocycles. The zero-order valence-electron chi connectivity index (χ0n) is 7.21. The van der Waals surface area contributed by atoms with E-state index in [4.69, 9.17) is 5.73 Å². The van der Waals surface area contributed by atoms with Gasteiger partial charge in [-0.2, -0.15) is 0 Å². The van der Waals surface area contributed by atoms with Gasteiger partial charge in [-0.05, 0) is 37.5 Å². The van der Waals surface area contributed by atoms with Crippen LogP contribution in [0.1, 0.15) is 18.4 Å².